The largest absolute Gasteiger partial charge is 0.378 e. The van der Waals surface area contributed by atoms with E-state index in [1.165, 1.54) is 76.6 Å². The molecule has 1 atom stereocenters. The van der Waals surface area contributed by atoms with Gasteiger partial charge >= 0.3 is 0 Å². The Hall–Kier alpha value is -3.39. The van der Waals surface area contributed by atoms with Gasteiger partial charge in [0.25, 0.3) is 5.91 Å². The van der Waals surface area contributed by atoms with E-state index < -0.39 is 21.7 Å². The Kier molecular flexibility index (Phi) is 11.4. The molecule has 1 aliphatic carbocycles. The number of aromatic nitrogens is 3. The van der Waals surface area contributed by atoms with Gasteiger partial charge in [-0.3, -0.25) is 10.1 Å². The summed E-state index contributed by atoms with van der Waals surface area (Å²) < 4.78 is 43.8. The van der Waals surface area contributed by atoms with Crippen LogP contribution in [0.25, 0.3) is 0 Å². The number of hydrogen-bond acceptors (Lipinski definition) is 8. The van der Waals surface area contributed by atoms with Crippen LogP contribution in [0, 0.1) is 11.2 Å². The minimum atomic E-state index is -3.90. The van der Waals surface area contributed by atoms with Crippen LogP contribution >= 0.6 is 0 Å². The van der Waals surface area contributed by atoms with Crippen LogP contribution in [-0.4, -0.2) is 49.4 Å². The molecule has 2 fully saturated rings. The molecule has 0 radical (unpaired) electrons. The zero-order valence-corrected chi connectivity index (χ0v) is 27.7. The minimum Gasteiger partial charge on any atom is -0.378 e. The van der Waals surface area contributed by atoms with Crippen molar-refractivity contribution in [3.8, 4) is 0 Å². The Morgan fingerprint density at radius 1 is 1.04 bits per heavy atom. The topological polar surface area (TPSA) is 142 Å². The van der Waals surface area contributed by atoms with Gasteiger partial charge in [0.2, 0.25) is 10.0 Å². The predicted octanol–water partition coefficient (Wildman–Crippen LogP) is 4.59. The van der Waals surface area contributed by atoms with Crippen LogP contribution in [-0.2, 0) is 29.7 Å². The quantitative estimate of drug-likeness (QED) is 0.202. The molecule has 250 valence electrons. The van der Waals surface area contributed by atoms with Gasteiger partial charge in [-0.15, -0.1) is 10.2 Å². The van der Waals surface area contributed by atoms with E-state index in [-0.39, 0.29) is 28.5 Å². The first kappa shape index (κ1) is 34.0. The molecule has 3 aromatic rings. The molecule has 1 spiro atoms. The molecule has 2 heterocycles. The van der Waals surface area contributed by atoms with Gasteiger partial charge in [-0.1, -0.05) is 57.6 Å². The number of halogens is 1. The summed E-state index contributed by atoms with van der Waals surface area (Å²) in [6, 6.07) is 10.9. The summed E-state index contributed by atoms with van der Waals surface area (Å²) in [6.45, 7) is 4.84. The third-order valence-corrected chi connectivity index (χ3v) is 10.8. The molecule has 1 amide bonds. The van der Waals surface area contributed by atoms with Crippen molar-refractivity contribution in [1.29, 1.82) is 0 Å². The number of sulfonamides is 1. The zero-order valence-electron chi connectivity index (χ0n) is 26.9. The van der Waals surface area contributed by atoms with E-state index >= 15 is 0 Å². The molecule has 13 heteroatoms. The fourth-order valence-electron chi connectivity index (χ4n) is 6.88. The Bertz CT molecular complexity index is 1590. The van der Waals surface area contributed by atoms with Gasteiger partial charge in [0.1, 0.15) is 5.82 Å². The molecule has 1 aliphatic heterocycles. The first-order valence-corrected chi connectivity index (χ1v) is 18.0. The second kappa shape index (κ2) is 15.5. The van der Waals surface area contributed by atoms with Gasteiger partial charge < -0.3 is 20.5 Å². The maximum Gasteiger partial charge on any atom is 0.251 e. The molecular weight excluding hydrogens is 607 g/mol. The van der Waals surface area contributed by atoms with Crippen molar-refractivity contribution in [2.45, 2.75) is 95.3 Å². The second-order valence-corrected chi connectivity index (χ2v) is 14.2. The molecule has 1 saturated carbocycles. The summed E-state index contributed by atoms with van der Waals surface area (Å²) in [4.78, 5) is 12.8. The molecule has 0 bridgehead atoms. The van der Waals surface area contributed by atoms with E-state index in [2.05, 4.69) is 42.6 Å². The number of carbonyl (C=O) groups excluding carboxylic acids is 1. The highest BCUT2D eigenvalue weighted by Gasteiger charge is 2.43. The monoisotopic (exact) mass is 654 g/mol. The summed E-state index contributed by atoms with van der Waals surface area (Å²) in [5.41, 5.74) is 1.08. The van der Waals surface area contributed by atoms with Crippen molar-refractivity contribution in [2.75, 3.05) is 25.6 Å². The van der Waals surface area contributed by atoms with Crippen molar-refractivity contribution in [1.82, 2.24) is 35.4 Å². The Labute approximate surface area is 271 Å². The average molecular weight is 655 g/mol. The highest BCUT2D eigenvalue weighted by Crippen LogP contribution is 2.44. The van der Waals surface area contributed by atoms with E-state index in [0.717, 1.165) is 43.5 Å². The van der Waals surface area contributed by atoms with Gasteiger partial charge in [0.15, 0.2) is 11.6 Å². The number of benzene rings is 2. The smallest absolute Gasteiger partial charge is 0.251 e. The van der Waals surface area contributed by atoms with Crippen LogP contribution in [0.3, 0.4) is 0 Å². The van der Waals surface area contributed by atoms with E-state index in [1.54, 1.807) is 18.2 Å². The van der Waals surface area contributed by atoms with Crippen LogP contribution in [0.15, 0.2) is 47.4 Å². The number of rotatable bonds is 11. The van der Waals surface area contributed by atoms with Crippen LogP contribution in [0.4, 0.5) is 10.1 Å². The van der Waals surface area contributed by atoms with Crippen LogP contribution in [0.5, 0.6) is 0 Å². The lowest BCUT2D eigenvalue weighted by Crippen LogP contribution is -2.54. The van der Waals surface area contributed by atoms with Crippen molar-refractivity contribution in [2.24, 2.45) is 5.41 Å². The minimum absolute atomic E-state index is 0.105. The summed E-state index contributed by atoms with van der Waals surface area (Å²) in [6.07, 6.45) is 11.0. The molecule has 2 aliphatic rings. The maximum atomic E-state index is 14.6. The average Bonchev–Trinajstić information content (AvgIpc) is 3.50. The Morgan fingerprint density at radius 3 is 2.52 bits per heavy atom. The third kappa shape index (κ3) is 7.76. The summed E-state index contributed by atoms with van der Waals surface area (Å²) in [5, 5.41) is 22.8. The molecule has 5 rings (SSSR count). The van der Waals surface area contributed by atoms with Gasteiger partial charge in [-0.25, -0.2) is 17.5 Å². The van der Waals surface area contributed by atoms with Crippen LogP contribution < -0.4 is 26.0 Å². The number of hydrogen-bond donors (Lipinski definition) is 5. The predicted molar refractivity (Wildman–Crippen MR) is 176 cm³/mol. The lowest BCUT2D eigenvalue weighted by molar-refractivity contribution is 0.0950. The number of amides is 1. The van der Waals surface area contributed by atoms with Crippen molar-refractivity contribution >= 4 is 21.6 Å². The molecule has 1 saturated heterocycles. The van der Waals surface area contributed by atoms with Crippen molar-refractivity contribution in [3.05, 3.63) is 71.1 Å². The summed E-state index contributed by atoms with van der Waals surface area (Å²) >= 11 is 0. The highest BCUT2D eigenvalue weighted by molar-refractivity contribution is 7.89. The lowest BCUT2D eigenvalue weighted by atomic mass is 9.71. The number of nitrogens with zero attached hydrogens (tertiary/aromatic N) is 3. The maximum absolute atomic E-state index is 14.6. The number of anilines is 1. The van der Waals surface area contributed by atoms with Gasteiger partial charge in [-0.05, 0) is 56.6 Å². The Balaban J connectivity index is 1.29. The molecule has 46 heavy (non-hydrogen) atoms. The second-order valence-electron chi connectivity index (χ2n) is 12.4. The standard InChI is InChI=1S/C33H47FN8O3S/c1-3-18-42-29(40-41-31(42)30-33(22-36-23-39-30)16-8-6-4-5-7-9-17-33)21-37-25-13-10-12-24(19-25)32(43)38-20-26-27(34)14-11-15-28(26)46(44,45)35-2/h10-15,19,30,35-37,39H,3-9,16-18,20-23H2,1-2H3,(H,38,43). The molecule has 5 N–H and O–H groups in total. The van der Waals surface area contributed by atoms with E-state index in [1.807, 2.05) is 6.07 Å². The molecule has 1 aromatic heterocycles. The molecular formula is C33H47FN8O3S. The lowest BCUT2D eigenvalue weighted by Gasteiger charge is -2.45. The van der Waals surface area contributed by atoms with Gasteiger partial charge in [0.05, 0.1) is 17.5 Å². The highest BCUT2D eigenvalue weighted by atomic mass is 32.2. The molecule has 11 nitrogen and oxygen atoms in total. The summed E-state index contributed by atoms with van der Waals surface area (Å²) in [7, 11) is -2.64. The van der Waals surface area contributed by atoms with E-state index in [4.69, 9.17) is 5.10 Å². The summed E-state index contributed by atoms with van der Waals surface area (Å²) in [5.74, 6) is 0.676. The van der Waals surface area contributed by atoms with Crippen molar-refractivity contribution < 1.29 is 17.6 Å². The number of carbonyl (C=O) groups is 1. The fourth-order valence-corrected chi connectivity index (χ4v) is 7.85. The van der Waals surface area contributed by atoms with Crippen molar-refractivity contribution in [3.63, 3.8) is 0 Å². The first-order chi connectivity index (χ1) is 22.3. The fraction of sp³-hybridized carbons (Fsp3) is 0.545. The first-order valence-electron chi connectivity index (χ1n) is 16.5. The molecule has 1 unspecified atom stereocenters. The Morgan fingerprint density at radius 2 is 1.78 bits per heavy atom. The molecule has 2 aromatic carbocycles. The number of nitrogens with one attached hydrogen (secondary N) is 5. The zero-order chi connectivity index (χ0) is 32.6. The third-order valence-electron chi connectivity index (χ3n) is 9.32. The van der Waals surface area contributed by atoms with Crippen LogP contribution in [0.2, 0.25) is 0 Å². The normalized spacial score (nSPS) is 18.8. The van der Waals surface area contributed by atoms with Gasteiger partial charge in [0, 0.05) is 48.5 Å². The SMILES string of the molecule is CCCn1c(CNc2cccc(C(=O)NCc3c(F)cccc3S(=O)(=O)NC)c2)nnc1C1NCNCC12CCCCCCCC2. The van der Waals surface area contributed by atoms with Gasteiger partial charge in [-0.2, -0.15) is 0 Å². The van der Waals surface area contributed by atoms with E-state index in [0.29, 0.717) is 12.1 Å². The van der Waals surface area contributed by atoms with E-state index in [9.17, 15) is 17.6 Å². The van der Waals surface area contributed by atoms with Crippen LogP contribution in [0.1, 0.15) is 98.3 Å².